The van der Waals surface area contributed by atoms with E-state index >= 15 is 0 Å². The van der Waals surface area contributed by atoms with Gasteiger partial charge in [-0.15, -0.1) is 0 Å². The van der Waals surface area contributed by atoms with Gasteiger partial charge in [-0.2, -0.15) is 5.26 Å². The highest BCUT2D eigenvalue weighted by molar-refractivity contribution is 5.89. The second kappa shape index (κ2) is 4.85. The Morgan fingerprint density at radius 3 is 2.77 bits per heavy atom. The van der Waals surface area contributed by atoms with Crippen molar-refractivity contribution < 1.29 is 13.9 Å². The van der Waals surface area contributed by atoms with Crippen LogP contribution >= 0.6 is 0 Å². The van der Waals surface area contributed by atoms with Gasteiger partial charge in [0.2, 0.25) is 0 Å². The van der Waals surface area contributed by atoms with Gasteiger partial charge in [0.1, 0.15) is 17.5 Å². The first-order valence-corrected chi connectivity index (χ1v) is 6.76. The zero-order chi connectivity index (χ0) is 15.9. The summed E-state index contributed by atoms with van der Waals surface area (Å²) in [6.45, 7) is 3.55. The molecule has 0 fully saturated rings. The Labute approximate surface area is 127 Å². The fraction of sp³-hybridized carbons (Fsp3) is 0.176. The zero-order valence-corrected chi connectivity index (χ0v) is 12.1. The van der Waals surface area contributed by atoms with Crippen LogP contribution in [0.3, 0.4) is 0 Å². The number of rotatable bonds is 1. The summed E-state index contributed by atoms with van der Waals surface area (Å²) in [6.07, 6.45) is -0.511. The van der Waals surface area contributed by atoms with Gasteiger partial charge in [0, 0.05) is 11.1 Å². The monoisotopic (exact) mass is 296 g/mol. The predicted octanol–water partition coefficient (Wildman–Crippen LogP) is 4.16. The van der Waals surface area contributed by atoms with Gasteiger partial charge in [0.25, 0.3) is 0 Å². The zero-order valence-electron chi connectivity index (χ0n) is 12.1. The van der Waals surface area contributed by atoms with Crippen molar-refractivity contribution in [1.82, 2.24) is 0 Å². The van der Waals surface area contributed by atoms with Crippen LogP contribution in [0.2, 0.25) is 0 Å². The highest BCUT2D eigenvalue weighted by Gasteiger charge is 2.33. The van der Waals surface area contributed by atoms with Gasteiger partial charge in [-0.25, -0.2) is 9.18 Å². The van der Waals surface area contributed by atoms with Crippen molar-refractivity contribution in [3.8, 4) is 17.2 Å². The van der Waals surface area contributed by atoms with Crippen molar-refractivity contribution in [1.29, 1.82) is 5.26 Å². The van der Waals surface area contributed by atoms with Crippen molar-refractivity contribution in [2.45, 2.75) is 19.4 Å². The normalized spacial score (nSPS) is 15.3. The molecule has 1 amide bonds. The molecule has 110 valence electrons. The molecule has 22 heavy (non-hydrogen) atoms. The van der Waals surface area contributed by atoms with Crippen molar-refractivity contribution >= 4 is 11.8 Å². The van der Waals surface area contributed by atoms with Crippen molar-refractivity contribution in [2.24, 2.45) is 0 Å². The molecular formula is C17H13FN2O2. The van der Waals surface area contributed by atoms with Crippen molar-refractivity contribution in [2.75, 3.05) is 5.32 Å². The van der Waals surface area contributed by atoms with E-state index in [1.165, 1.54) is 6.07 Å². The number of hydrogen-bond acceptors (Lipinski definition) is 3. The molecule has 0 saturated carbocycles. The molecule has 0 radical (unpaired) electrons. The summed E-state index contributed by atoms with van der Waals surface area (Å²) in [5.41, 5.74) is 1.56. The number of ether oxygens (including phenoxy) is 1. The molecule has 2 aromatic carbocycles. The van der Waals surface area contributed by atoms with E-state index in [-0.39, 0.29) is 5.56 Å². The number of fused-ring (bicyclic) bond motifs is 1. The maximum atomic E-state index is 14.3. The van der Waals surface area contributed by atoms with Gasteiger partial charge >= 0.3 is 6.09 Å². The molecule has 0 atom stereocenters. The third kappa shape index (κ3) is 2.19. The van der Waals surface area contributed by atoms with Gasteiger partial charge in [-0.3, -0.25) is 5.32 Å². The fourth-order valence-corrected chi connectivity index (χ4v) is 2.58. The molecule has 1 N–H and O–H groups in total. The van der Waals surface area contributed by atoms with Gasteiger partial charge in [0.15, 0.2) is 0 Å². The molecule has 0 unspecified atom stereocenters. The van der Waals surface area contributed by atoms with Crippen LogP contribution in [0.4, 0.5) is 14.9 Å². The number of carbonyl (C=O) groups is 1. The number of nitrogens with zero attached hydrogens (tertiary/aromatic N) is 1. The molecule has 1 heterocycles. The lowest BCUT2D eigenvalue weighted by atomic mass is 9.91. The van der Waals surface area contributed by atoms with E-state index in [4.69, 9.17) is 10.00 Å². The van der Waals surface area contributed by atoms with Crippen molar-refractivity contribution in [3.05, 3.63) is 53.3 Å². The summed E-state index contributed by atoms with van der Waals surface area (Å²) in [5.74, 6) is -0.552. The average molecular weight is 296 g/mol. The number of amides is 1. The number of carbonyl (C=O) groups excluding carboxylic acids is 1. The molecule has 4 nitrogen and oxygen atoms in total. The number of cyclic esters (lactones) is 1. The Morgan fingerprint density at radius 1 is 1.27 bits per heavy atom. The third-order valence-electron chi connectivity index (χ3n) is 3.68. The van der Waals surface area contributed by atoms with Gasteiger partial charge in [0.05, 0.1) is 11.3 Å². The first-order chi connectivity index (χ1) is 10.4. The first-order valence-electron chi connectivity index (χ1n) is 6.76. The SMILES string of the molecule is CC1(C)OC(=O)Nc2ccc(-c3cccc(C#N)c3F)cc21. The minimum Gasteiger partial charge on any atom is -0.438 e. The maximum absolute atomic E-state index is 14.3. The molecule has 1 aliphatic rings. The second-order valence-corrected chi connectivity index (χ2v) is 5.56. The average Bonchev–Trinajstić information content (AvgIpc) is 2.46. The van der Waals surface area contributed by atoms with E-state index in [1.54, 1.807) is 44.2 Å². The number of halogens is 1. The minimum absolute atomic E-state index is 0.000895. The molecule has 2 aromatic rings. The van der Waals surface area contributed by atoms with Crippen LogP contribution in [0.1, 0.15) is 25.0 Å². The molecule has 1 aliphatic heterocycles. The van der Waals surface area contributed by atoms with Gasteiger partial charge in [-0.1, -0.05) is 18.2 Å². The van der Waals surface area contributed by atoms with Gasteiger partial charge < -0.3 is 4.74 Å². The van der Waals surface area contributed by atoms with Crippen molar-refractivity contribution in [3.63, 3.8) is 0 Å². The Bertz CT molecular complexity index is 822. The summed E-state index contributed by atoms with van der Waals surface area (Å²) >= 11 is 0. The van der Waals surface area contributed by atoms with Crippen LogP contribution in [0, 0.1) is 17.1 Å². The highest BCUT2D eigenvalue weighted by Crippen LogP contribution is 2.38. The lowest BCUT2D eigenvalue weighted by Gasteiger charge is -2.32. The van der Waals surface area contributed by atoms with E-state index in [0.717, 1.165) is 5.56 Å². The van der Waals surface area contributed by atoms with Gasteiger partial charge in [-0.05, 0) is 37.6 Å². The quantitative estimate of drug-likeness (QED) is 0.859. The standard InChI is InChI=1S/C17H13FN2O2/c1-17(2)13-8-10(6-7-14(13)20-16(21)22-17)12-5-3-4-11(9-19)15(12)18/h3-8H,1-2H3,(H,20,21). The summed E-state index contributed by atoms with van der Waals surface area (Å²) in [4.78, 5) is 11.5. The molecule has 5 heteroatoms. The predicted molar refractivity (Wildman–Crippen MR) is 79.7 cm³/mol. The van der Waals surface area contributed by atoms with Crippen LogP contribution < -0.4 is 5.32 Å². The minimum atomic E-state index is -0.809. The Kier molecular flexibility index (Phi) is 3.10. The van der Waals surface area contributed by atoms with Crippen LogP contribution in [0.5, 0.6) is 0 Å². The summed E-state index contributed by atoms with van der Waals surface area (Å²) in [6, 6.07) is 11.7. The molecule has 0 bridgehead atoms. The number of benzene rings is 2. The lowest BCUT2D eigenvalue weighted by Crippen LogP contribution is -2.34. The maximum Gasteiger partial charge on any atom is 0.412 e. The van der Waals surface area contributed by atoms with Crippen LogP contribution in [0.25, 0.3) is 11.1 Å². The largest absolute Gasteiger partial charge is 0.438 e. The number of nitrogens with one attached hydrogen (secondary N) is 1. The van der Waals surface area contributed by atoms with Crippen LogP contribution in [-0.2, 0) is 10.3 Å². The number of anilines is 1. The van der Waals surface area contributed by atoms with E-state index < -0.39 is 17.5 Å². The number of hydrogen-bond donors (Lipinski definition) is 1. The molecule has 0 aromatic heterocycles. The Balaban J connectivity index is 2.16. The van der Waals surface area contributed by atoms with E-state index in [2.05, 4.69) is 5.32 Å². The molecular weight excluding hydrogens is 283 g/mol. The molecule has 0 aliphatic carbocycles. The Hall–Kier alpha value is -2.87. The Morgan fingerprint density at radius 2 is 2.05 bits per heavy atom. The summed E-state index contributed by atoms with van der Waals surface area (Å²) in [5, 5.41) is 11.6. The third-order valence-corrected chi connectivity index (χ3v) is 3.68. The smallest absolute Gasteiger partial charge is 0.412 e. The topological polar surface area (TPSA) is 62.1 Å². The first kappa shape index (κ1) is 14.1. The molecule has 0 saturated heterocycles. The van der Waals surface area contributed by atoms with E-state index in [0.29, 0.717) is 16.8 Å². The van der Waals surface area contributed by atoms with E-state index in [9.17, 15) is 9.18 Å². The lowest BCUT2D eigenvalue weighted by molar-refractivity contribution is 0.0421. The number of nitriles is 1. The fourth-order valence-electron chi connectivity index (χ4n) is 2.58. The summed E-state index contributed by atoms with van der Waals surface area (Å²) in [7, 11) is 0. The molecule has 0 spiro atoms. The summed E-state index contributed by atoms with van der Waals surface area (Å²) < 4.78 is 19.6. The second-order valence-electron chi connectivity index (χ2n) is 5.56. The highest BCUT2D eigenvalue weighted by atomic mass is 19.1. The van der Waals surface area contributed by atoms with Crippen LogP contribution in [-0.4, -0.2) is 6.09 Å². The van der Waals surface area contributed by atoms with E-state index in [1.807, 2.05) is 6.07 Å². The molecule has 3 rings (SSSR count). The van der Waals surface area contributed by atoms with Crippen LogP contribution in [0.15, 0.2) is 36.4 Å².